The van der Waals surface area contributed by atoms with Crippen LogP contribution in [0, 0.1) is 12.7 Å². The molecule has 1 N–H and O–H groups in total. The molecule has 0 saturated heterocycles. The van der Waals surface area contributed by atoms with Gasteiger partial charge in [0.05, 0.1) is 6.04 Å². The van der Waals surface area contributed by atoms with Crippen LogP contribution in [0.5, 0.6) is 0 Å². The van der Waals surface area contributed by atoms with Crippen molar-refractivity contribution < 1.29 is 9.18 Å². The van der Waals surface area contributed by atoms with Crippen molar-refractivity contribution in [2.75, 3.05) is 0 Å². The summed E-state index contributed by atoms with van der Waals surface area (Å²) in [5, 5.41) is 3.06. The molecule has 3 aromatic carbocycles. The summed E-state index contributed by atoms with van der Waals surface area (Å²) in [5.74, 6) is -0.586. The summed E-state index contributed by atoms with van der Waals surface area (Å²) in [7, 11) is 0. The maximum absolute atomic E-state index is 13.1. The first-order valence-electron chi connectivity index (χ1n) is 7.82. The zero-order valence-electron chi connectivity index (χ0n) is 13.4. The molecule has 0 heterocycles. The van der Waals surface area contributed by atoms with Crippen molar-refractivity contribution in [3.8, 4) is 0 Å². The Hall–Kier alpha value is -2.94. The highest BCUT2D eigenvalue weighted by atomic mass is 19.1. The second-order valence-electron chi connectivity index (χ2n) is 5.68. The van der Waals surface area contributed by atoms with E-state index in [0.29, 0.717) is 5.56 Å². The fourth-order valence-corrected chi connectivity index (χ4v) is 2.71. The maximum atomic E-state index is 13.1. The van der Waals surface area contributed by atoms with Gasteiger partial charge >= 0.3 is 0 Å². The molecule has 0 bridgehead atoms. The summed E-state index contributed by atoms with van der Waals surface area (Å²) in [6, 6.07) is 23.1. The zero-order valence-corrected chi connectivity index (χ0v) is 13.4. The molecule has 0 aliphatic rings. The fourth-order valence-electron chi connectivity index (χ4n) is 2.71. The quantitative estimate of drug-likeness (QED) is 0.745. The van der Waals surface area contributed by atoms with Crippen molar-refractivity contribution in [1.82, 2.24) is 5.32 Å². The lowest BCUT2D eigenvalue weighted by Crippen LogP contribution is -2.29. The van der Waals surface area contributed by atoms with Crippen molar-refractivity contribution in [3.63, 3.8) is 0 Å². The number of amides is 1. The Labute approximate surface area is 141 Å². The summed E-state index contributed by atoms with van der Waals surface area (Å²) in [4.78, 5) is 12.6. The van der Waals surface area contributed by atoms with Crippen molar-refractivity contribution in [3.05, 3.63) is 107 Å². The molecule has 0 spiro atoms. The largest absolute Gasteiger partial charge is 0.341 e. The van der Waals surface area contributed by atoms with Crippen LogP contribution < -0.4 is 5.32 Å². The van der Waals surface area contributed by atoms with Crippen molar-refractivity contribution in [2.24, 2.45) is 0 Å². The fraction of sp³-hybridized carbons (Fsp3) is 0.0952. The number of aryl methyl sites for hydroxylation is 1. The van der Waals surface area contributed by atoms with Gasteiger partial charge in [-0.25, -0.2) is 4.39 Å². The van der Waals surface area contributed by atoms with Crippen molar-refractivity contribution in [2.45, 2.75) is 13.0 Å². The minimum atomic E-state index is -0.356. The number of hydrogen-bond donors (Lipinski definition) is 1. The molecule has 3 aromatic rings. The topological polar surface area (TPSA) is 29.1 Å². The van der Waals surface area contributed by atoms with Gasteiger partial charge in [-0.15, -0.1) is 0 Å². The third kappa shape index (κ3) is 3.51. The second kappa shape index (κ2) is 7.09. The first kappa shape index (κ1) is 15.9. The summed E-state index contributed by atoms with van der Waals surface area (Å²) in [6.07, 6.45) is 0. The molecule has 1 amide bonds. The Morgan fingerprint density at radius 2 is 1.50 bits per heavy atom. The Morgan fingerprint density at radius 1 is 0.875 bits per heavy atom. The smallest absolute Gasteiger partial charge is 0.252 e. The Kier molecular flexibility index (Phi) is 4.71. The van der Waals surface area contributed by atoms with Gasteiger partial charge < -0.3 is 5.32 Å². The SMILES string of the molecule is Cc1ccccc1C(NC(=O)c1ccc(F)cc1)c1ccccc1. The van der Waals surface area contributed by atoms with Gasteiger partial charge in [0.2, 0.25) is 0 Å². The summed E-state index contributed by atoms with van der Waals surface area (Å²) in [6.45, 7) is 2.02. The van der Waals surface area contributed by atoms with E-state index >= 15 is 0 Å². The lowest BCUT2D eigenvalue weighted by molar-refractivity contribution is 0.0943. The Balaban J connectivity index is 1.95. The van der Waals surface area contributed by atoms with E-state index in [1.165, 1.54) is 24.3 Å². The van der Waals surface area contributed by atoms with Gasteiger partial charge in [-0.1, -0.05) is 54.6 Å². The van der Waals surface area contributed by atoms with Gasteiger partial charge in [-0.2, -0.15) is 0 Å². The van der Waals surface area contributed by atoms with Crippen LogP contribution >= 0.6 is 0 Å². The lowest BCUT2D eigenvalue weighted by Gasteiger charge is -2.21. The minimum absolute atomic E-state index is 0.230. The predicted octanol–water partition coefficient (Wildman–Crippen LogP) is 4.65. The van der Waals surface area contributed by atoms with Gasteiger partial charge in [0.1, 0.15) is 5.82 Å². The van der Waals surface area contributed by atoms with Gasteiger partial charge in [-0.05, 0) is 47.9 Å². The van der Waals surface area contributed by atoms with E-state index < -0.39 is 0 Å². The molecule has 24 heavy (non-hydrogen) atoms. The average molecular weight is 319 g/mol. The van der Waals surface area contributed by atoms with Crippen LogP contribution in [0.4, 0.5) is 4.39 Å². The van der Waals surface area contributed by atoms with E-state index in [1.54, 1.807) is 0 Å². The molecule has 0 aliphatic heterocycles. The molecule has 0 aromatic heterocycles. The first-order valence-corrected chi connectivity index (χ1v) is 7.82. The number of benzene rings is 3. The molecule has 1 unspecified atom stereocenters. The van der Waals surface area contributed by atoms with Gasteiger partial charge in [0.25, 0.3) is 5.91 Å². The number of carbonyl (C=O) groups is 1. The molecule has 120 valence electrons. The van der Waals surface area contributed by atoms with Crippen molar-refractivity contribution in [1.29, 1.82) is 0 Å². The van der Waals surface area contributed by atoms with Gasteiger partial charge in [0, 0.05) is 5.56 Å². The Morgan fingerprint density at radius 3 is 2.17 bits per heavy atom. The van der Waals surface area contributed by atoms with E-state index in [-0.39, 0.29) is 17.8 Å². The highest BCUT2D eigenvalue weighted by Crippen LogP contribution is 2.25. The van der Waals surface area contributed by atoms with Crippen LogP contribution in [0.2, 0.25) is 0 Å². The van der Waals surface area contributed by atoms with Gasteiger partial charge in [-0.3, -0.25) is 4.79 Å². The standard InChI is InChI=1S/C21H18FNO/c1-15-7-5-6-10-19(15)20(16-8-3-2-4-9-16)23-21(24)17-11-13-18(22)14-12-17/h2-14,20H,1H3,(H,23,24). The molecular formula is C21H18FNO. The first-order chi connectivity index (χ1) is 11.6. The third-order valence-corrected chi connectivity index (χ3v) is 4.01. The van der Waals surface area contributed by atoms with E-state index in [1.807, 2.05) is 61.5 Å². The molecule has 0 aliphatic carbocycles. The molecule has 2 nitrogen and oxygen atoms in total. The van der Waals surface area contributed by atoms with Crippen LogP contribution in [-0.4, -0.2) is 5.91 Å². The van der Waals surface area contributed by atoms with E-state index in [4.69, 9.17) is 0 Å². The molecular weight excluding hydrogens is 301 g/mol. The summed E-state index contributed by atoms with van der Waals surface area (Å²) >= 11 is 0. The molecule has 3 rings (SSSR count). The van der Waals surface area contributed by atoms with Crippen LogP contribution in [-0.2, 0) is 0 Å². The predicted molar refractivity (Wildman–Crippen MR) is 93.3 cm³/mol. The molecule has 0 fully saturated rings. The van der Waals surface area contributed by atoms with Gasteiger partial charge in [0.15, 0.2) is 0 Å². The third-order valence-electron chi connectivity index (χ3n) is 4.01. The number of rotatable bonds is 4. The highest BCUT2D eigenvalue weighted by Gasteiger charge is 2.19. The number of nitrogens with one attached hydrogen (secondary N) is 1. The van der Waals surface area contributed by atoms with Crippen LogP contribution in [0.1, 0.15) is 33.1 Å². The monoisotopic (exact) mass is 319 g/mol. The van der Waals surface area contributed by atoms with Crippen LogP contribution in [0.3, 0.4) is 0 Å². The Bertz CT molecular complexity index is 828. The number of hydrogen-bond acceptors (Lipinski definition) is 1. The highest BCUT2D eigenvalue weighted by molar-refractivity contribution is 5.94. The average Bonchev–Trinajstić information content (AvgIpc) is 2.61. The molecule has 3 heteroatoms. The normalized spacial score (nSPS) is 11.8. The number of carbonyl (C=O) groups excluding carboxylic acids is 1. The second-order valence-corrected chi connectivity index (χ2v) is 5.68. The molecule has 0 radical (unpaired) electrons. The number of halogens is 1. The van der Waals surface area contributed by atoms with E-state index in [0.717, 1.165) is 16.7 Å². The van der Waals surface area contributed by atoms with Crippen LogP contribution in [0.25, 0.3) is 0 Å². The van der Waals surface area contributed by atoms with E-state index in [2.05, 4.69) is 5.32 Å². The summed E-state index contributed by atoms with van der Waals surface area (Å²) < 4.78 is 13.1. The van der Waals surface area contributed by atoms with Crippen LogP contribution in [0.15, 0.2) is 78.9 Å². The maximum Gasteiger partial charge on any atom is 0.252 e. The van der Waals surface area contributed by atoms with E-state index in [9.17, 15) is 9.18 Å². The minimum Gasteiger partial charge on any atom is -0.341 e. The molecule has 0 saturated carbocycles. The zero-order chi connectivity index (χ0) is 16.9. The summed E-state index contributed by atoms with van der Waals surface area (Å²) in [5.41, 5.74) is 3.58. The lowest BCUT2D eigenvalue weighted by atomic mass is 9.94. The van der Waals surface area contributed by atoms with Crippen molar-refractivity contribution >= 4 is 5.91 Å². The molecule has 1 atom stereocenters.